The minimum atomic E-state index is 1.09. The molecule has 0 aliphatic heterocycles. The van der Waals surface area contributed by atoms with Gasteiger partial charge in [0.15, 0.2) is 0 Å². The van der Waals surface area contributed by atoms with Crippen molar-refractivity contribution >= 4 is 17.1 Å². The van der Waals surface area contributed by atoms with E-state index < -0.39 is 0 Å². The van der Waals surface area contributed by atoms with Gasteiger partial charge in [-0.15, -0.1) is 0 Å². The van der Waals surface area contributed by atoms with Gasteiger partial charge in [0.2, 0.25) is 0 Å². The summed E-state index contributed by atoms with van der Waals surface area (Å²) < 4.78 is 0. The fourth-order valence-corrected chi connectivity index (χ4v) is 7.63. The quantitative estimate of drug-likeness (QED) is 0.145. The third-order valence-electron chi connectivity index (χ3n) is 10.3. The molecule has 0 saturated carbocycles. The molecule has 0 aromatic heterocycles. The third kappa shape index (κ3) is 7.00. The molecule has 9 rings (SSSR count). The molecular formula is C54H39N. The Morgan fingerprint density at radius 2 is 0.345 bits per heavy atom. The molecule has 55 heavy (non-hydrogen) atoms. The average molecular weight is 702 g/mol. The first-order valence-corrected chi connectivity index (χ1v) is 18.8. The maximum Gasteiger partial charge on any atom is 0.0462 e. The van der Waals surface area contributed by atoms with E-state index in [-0.39, 0.29) is 0 Å². The Labute approximate surface area is 324 Å². The molecule has 0 N–H and O–H groups in total. The van der Waals surface area contributed by atoms with Crippen LogP contribution in [0.1, 0.15) is 0 Å². The first-order chi connectivity index (χ1) is 27.3. The van der Waals surface area contributed by atoms with E-state index in [0.717, 1.165) is 17.1 Å². The molecule has 0 unspecified atom stereocenters. The zero-order chi connectivity index (χ0) is 36.8. The minimum Gasteiger partial charge on any atom is -0.311 e. The van der Waals surface area contributed by atoms with Gasteiger partial charge in [-0.2, -0.15) is 0 Å². The molecule has 260 valence electrons. The molecular weight excluding hydrogens is 663 g/mol. The Kier molecular flexibility index (Phi) is 9.41. The monoisotopic (exact) mass is 701 g/mol. The molecule has 0 bridgehead atoms. The maximum atomic E-state index is 2.35. The summed E-state index contributed by atoms with van der Waals surface area (Å²) in [4.78, 5) is 2.35. The Balaban J connectivity index is 1.11. The van der Waals surface area contributed by atoms with Crippen molar-refractivity contribution in [3.63, 3.8) is 0 Å². The summed E-state index contributed by atoms with van der Waals surface area (Å²) in [6.07, 6.45) is 0. The molecule has 1 heteroatoms. The summed E-state index contributed by atoms with van der Waals surface area (Å²) in [5.74, 6) is 0. The highest BCUT2D eigenvalue weighted by Gasteiger charge is 2.16. The van der Waals surface area contributed by atoms with Crippen LogP contribution in [0.25, 0.3) is 66.8 Å². The highest BCUT2D eigenvalue weighted by molar-refractivity contribution is 5.89. The fraction of sp³-hybridized carbons (Fsp3) is 0. The summed E-state index contributed by atoms with van der Waals surface area (Å²) in [6.45, 7) is 0. The largest absolute Gasteiger partial charge is 0.311 e. The van der Waals surface area contributed by atoms with Crippen LogP contribution in [0.2, 0.25) is 0 Å². The minimum absolute atomic E-state index is 1.09. The lowest BCUT2D eigenvalue weighted by atomic mass is 9.94. The van der Waals surface area contributed by atoms with Crippen molar-refractivity contribution in [2.75, 3.05) is 4.90 Å². The van der Waals surface area contributed by atoms with Crippen molar-refractivity contribution < 1.29 is 0 Å². The fourth-order valence-electron chi connectivity index (χ4n) is 7.63. The number of benzene rings is 9. The maximum absolute atomic E-state index is 2.35. The predicted octanol–water partition coefficient (Wildman–Crippen LogP) is 15.2. The SMILES string of the molecule is c1ccc(-c2ccccc2-c2ccc(N(c3ccc(-c4ccccc4-c4ccccc4)cc3)c3ccc(-c4ccccc4-c4ccccc4)cc3)cc2)cc1. The molecule has 0 amide bonds. The second-order valence-corrected chi connectivity index (χ2v) is 13.7. The Morgan fingerprint density at radius 3 is 0.564 bits per heavy atom. The third-order valence-corrected chi connectivity index (χ3v) is 10.3. The second-order valence-electron chi connectivity index (χ2n) is 13.7. The van der Waals surface area contributed by atoms with Crippen molar-refractivity contribution in [2.24, 2.45) is 0 Å². The van der Waals surface area contributed by atoms with Crippen LogP contribution in [0.15, 0.2) is 237 Å². The molecule has 0 aliphatic rings. The lowest BCUT2D eigenvalue weighted by Crippen LogP contribution is -2.09. The Morgan fingerprint density at radius 1 is 0.164 bits per heavy atom. The molecule has 0 aliphatic carbocycles. The molecule has 9 aromatic carbocycles. The lowest BCUT2D eigenvalue weighted by Gasteiger charge is -2.26. The van der Waals surface area contributed by atoms with Gasteiger partial charge in [-0.25, -0.2) is 0 Å². The topological polar surface area (TPSA) is 3.24 Å². The summed E-state index contributed by atoms with van der Waals surface area (Å²) in [6, 6.07) is 84.8. The number of anilines is 3. The Bertz CT molecular complexity index is 2340. The van der Waals surface area contributed by atoms with Crippen molar-refractivity contribution in [3.05, 3.63) is 237 Å². The van der Waals surface area contributed by atoms with Crippen molar-refractivity contribution in [3.8, 4) is 66.8 Å². The van der Waals surface area contributed by atoms with Gasteiger partial charge in [0.1, 0.15) is 0 Å². The van der Waals surface area contributed by atoms with E-state index in [0.29, 0.717) is 0 Å². The lowest BCUT2D eigenvalue weighted by molar-refractivity contribution is 1.28. The molecule has 1 nitrogen and oxygen atoms in total. The van der Waals surface area contributed by atoms with E-state index in [2.05, 4.69) is 241 Å². The van der Waals surface area contributed by atoms with Gasteiger partial charge >= 0.3 is 0 Å². The van der Waals surface area contributed by atoms with Crippen molar-refractivity contribution in [1.82, 2.24) is 0 Å². The summed E-state index contributed by atoms with van der Waals surface area (Å²) in [5.41, 5.74) is 17.8. The van der Waals surface area contributed by atoms with Crippen LogP contribution in [0.3, 0.4) is 0 Å². The summed E-state index contributed by atoms with van der Waals surface area (Å²) in [5, 5.41) is 0. The molecule has 0 spiro atoms. The zero-order valence-corrected chi connectivity index (χ0v) is 30.5. The number of nitrogens with zero attached hydrogens (tertiary/aromatic N) is 1. The molecule has 0 fully saturated rings. The van der Waals surface area contributed by atoms with Crippen LogP contribution in [0.5, 0.6) is 0 Å². The van der Waals surface area contributed by atoms with E-state index in [1.54, 1.807) is 0 Å². The van der Waals surface area contributed by atoms with Crippen LogP contribution in [0, 0.1) is 0 Å². The summed E-state index contributed by atoms with van der Waals surface area (Å²) >= 11 is 0. The van der Waals surface area contributed by atoms with Crippen LogP contribution in [-0.4, -0.2) is 0 Å². The van der Waals surface area contributed by atoms with E-state index in [1.165, 1.54) is 66.8 Å². The van der Waals surface area contributed by atoms with Gasteiger partial charge in [-0.1, -0.05) is 200 Å². The van der Waals surface area contributed by atoms with Gasteiger partial charge in [0.05, 0.1) is 0 Å². The highest BCUT2D eigenvalue weighted by Crippen LogP contribution is 2.41. The van der Waals surface area contributed by atoms with Crippen LogP contribution in [0.4, 0.5) is 17.1 Å². The molecule has 0 saturated heterocycles. The normalized spacial score (nSPS) is 10.9. The number of rotatable bonds is 9. The van der Waals surface area contributed by atoms with Crippen LogP contribution >= 0.6 is 0 Å². The van der Waals surface area contributed by atoms with Crippen molar-refractivity contribution in [2.45, 2.75) is 0 Å². The van der Waals surface area contributed by atoms with Gasteiger partial charge in [-0.3, -0.25) is 0 Å². The van der Waals surface area contributed by atoms with Crippen LogP contribution < -0.4 is 4.90 Å². The smallest absolute Gasteiger partial charge is 0.0462 e. The zero-order valence-electron chi connectivity index (χ0n) is 30.5. The van der Waals surface area contributed by atoms with Gasteiger partial charge < -0.3 is 4.90 Å². The predicted molar refractivity (Wildman–Crippen MR) is 234 cm³/mol. The Hall–Kier alpha value is -7.22. The standard InChI is InChI=1S/C54H39N/c1-4-16-40(17-5-1)49-22-10-13-25-52(49)43-28-34-46(35-29-43)55(47-36-30-44(31-37-47)53-26-14-11-23-50(53)41-18-6-2-7-19-41)48-38-32-45(33-39-48)54-27-15-12-24-51(54)42-20-8-3-9-21-42/h1-39H. The second kappa shape index (κ2) is 15.4. The van der Waals surface area contributed by atoms with E-state index in [1.807, 2.05) is 0 Å². The highest BCUT2D eigenvalue weighted by atomic mass is 15.1. The summed E-state index contributed by atoms with van der Waals surface area (Å²) in [7, 11) is 0. The molecule has 0 atom stereocenters. The van der Waals surface area contributed by atoms with E-state index >= 15 is 0 Å². The van der Waals surface area contributed by atoms with Gasteiger partial charge in [-0.05, 0) is 103 Å². The van der Waals surface area contributed by atoms with Crippen molar-refractivity contribution in [1.29, 1.82) is 0 Å². The molecule has 9 aromatic rings. The molecule has 0 radical (unpaired) electrons. The first-order valence-electron chi connectivity index (χ1n) is 18.8. The van der Waals surface area contributed by atoms with E-state index in [9.17, 15) is 0 Å². The number of hydrogen-bond donors (Lipinski definition) is 0. The average Bonchev–Trinajstić information content (AvgIpc) is 3.28. The number of hydrogen-bond acceptors (Lipinski definition) is 1. The molecule has 0 heterocycles. The van der Waals surface area contributed by atoms with Gasteiger partial charge in [0.25, 0.3) is 0 Å². The van der Waals surface area contributed by atoms with Gasteiger partial charge in [0, 0.05) is 17.1 Å². The van der Waals surface area contributed by atoms with E-state index in [4.69, 9.17) is 0 Å². The first kappa shape index (κ1) is 33.6. The van der Waals surface area contributed by atoms with Crippen LogP contribution in [-0.2, 0) is 0 Å².